The average Bonchev–Trinajstić information content (AvgIpc) is 2.17. The number of aliphatic hydroxyl groups excluding tert-OH is 1. The molecule has 84 valence electrons. The Bertz CT molecular complexity index is 320. The number of hydrogen-bond donors (Lipinski definition) is 3. The van der Waals surface area contributed by atoms with Crippen molar-refractivity contribution in [3.8, 4) is 0 Å². The zero-order chi connectivity index (χ0) is 11.3. The molecule has 0 spiro atoms. The van der Waals surface area contributed by atoms with E-state index in [2.05, 4.69) is 27.9 Å². The first kappa shape index (κ1) is 12.5. The molecule has 0 saturated carbocycles. The third-order valence-corrected chi connectivity index (χ3v) is 2.57. The Morgan fingerprint density at radius 2 is 2.33 bits per heavy atom. The fourth-order valence-electron chi connectivity index (χ4n) is 1.17. The van der Waals surface area contributed by atoms with E-state index >= 15 is 0 Å². The lowest BCUT2D eigenvalue weighted by molar-refractivity contribution is 0.0728. The van der Waals surface area contributed by atoms with E-state index in [1.54, 1.807) is 7.11 Å². The van der Waals surface area contributed by atoms with Gasteiger partial charge in [-0.05, 0) is 40.8 Å². The van der Waals surface area contributed by atoms with Crippen LogP contribution >= 0.6 is 22.6 Å². The third kappa shape index (κ3) is 4.23. The van der Waals surface area contributed by atoms with E-state index in [1.165, 1.54) is 0 Å². The summed E-state index contributed by atoms with van der Waals surface area (Å²) < 4.78 is 5.91. The molecular formula is C10H15IN2O2. The molecular weight excluding hydrogens is 307 g/mol. The molecule has 5 heteroatoms. The Balaban J connectivity index is 2.50. The van der Waals surface area contributed by atoms with Gasteiger partial charge in [0, 0.05) is 17.2 Å². The number of nitrogens with two attached hydrogens (primary N) is 1. The minimum absolute atomic E-state index is 0.317. The highest BCUT2D eigenvalue weighted by atomic mass is 127. The van der Waals surface area contributed by atoms with E-state index in [-0.39, 0.29) is 0 Å². The van der Waals surface area contributed by atoms with Crippen LogP contribution in [-0.4, -0.2) is 31.5 Å². The summed E-state index contributed by atoms with van der Waals surface area (Å²) in [7, 11) is 1.56. The van der Waals surface area contributed by atoms with Crippen LogP contribution in [0.25, 0.3) is 0 Å². The molecule has 0 aromatic heterocycles. The van der Waals surface area contributed by atoms with E-state index in [0.29, 0.717) is 18.8 Å². The predicted molar refractivity (Wildman–Crippen MR) is 69.9 cm³/mol. The number of rotatable bonds is 5. The molecule has 0 amide bonds. The van der Waals surface area contributed by atoms with Crippen LogP contribution in [0.2, 0.25) is 0 Å². The van der Waals surface area contributed by atoms with Crippen LogP contribution < -0.4 is 11.1 Å². The van der Waals surface area contributed by atoms with Gasteiger partial charge in [0.2, 0.25) is 0 Å². The molecule has 1 aromatic carbocycles. The topological polar surface area (TPSA) is 67.5 Å². The summed E-state index contributed by atoms with van der Waals surface area (Å²) >= 11 is 2.20. The molecule has 4 nitrogen and oxygen atoms in total. The Hall–Kier alpha value is -0.530. The minimum Gasteiger partial charge on any atom is -0.397 e. The number of ether oxygens (including phenoxy) is 1. The fraction of sp³-hybridized carbons (Fsp3) is 0.400. The van der Waals surface area contributed by atoms with Crippen molar-refractivity contribution in [3.05, 3.63) is 21.8 Å². The number of methoxy groups -OCH3 is 1. The van der Waals surface area contributed by atoms with Crippen LogP contribution in [0.3, 0.4) is 0 Å². The number of aliphatic hydroxyl groups is 1. The molecule has 15 heavy (non-hydrogen) atoms. The monoisotopic (exact) mass is 322 g/mol. The highest BCUT2D eigenvalue weighted by Gasteiger charge is 2.04. The first-order valence-corrected chi connectivity index (χ1v) is 5.67. The van der Waals surface area contributed by atoms with Crippen LogP contribution in [-0.2, 0) is 4.74 Å². The van der Waals surface area contributed by atoms with Gasteiger partial charge in [0.05, 0.1) is 24.1 Å². The molecule has 1 atom stereocenters. The van der Waals surface area contributed by atoms with Crippen molar-refractivity contribution in [2.45, 2.75) is 6.10 Å². The smallest absolute Gasteiger partial charge is 0.0945 e. The van der Waals surface area contributed by atoms with Crippen molar-refractivity contribution in [2.24, 2.45) is 0 Å². The molecule has 1 aromatic rings. The lowest BCUT2D eigenvalue weighted by atomic mass is 10.2. The third-order valence-electron chi connectivity index (χ3n) is 1.90. The molecule has 0 bridgehead atoms. The Morgan fingerprint density at radius 3 is 2.93 bits per heavy atom. The fourth-order valence-corrected chi connectivity index (χ4v) is 1.69. The number of nitrogens with one attached hydrogen (secondary N) is 1. The van der Waals surface area contributed by atoms with Gasteiger partial charge < -0.3 is 20.9 Å². The van der Waals surface area contributed by atoms with E-state index < -0.39 is 6.10 Å². The summed E-state index contributed by atoms with van der Waals surface area (Å²) in [6.45, 7) is 0.746. The second-order valence-corrected chi connectivity index (χ2v) is 4.47. The van der Waals surface area contributed by atoms with Gasteiger partial charge in [0.25, 0.3) is 0 Å². The normalized spacial score (nSPS) is 12.5. The van der Waals surface area contributed by atoms with Gasteiger partial charge in [0.1, 0.15) is 0 Å². The molecule has 4 N–H and O–H groups in total. The number of hydrogen-bond acceptors (Lipinski definition) is 4. The van der Waals surface area contributed by atoms with E-state index in [9.17, 15) is 5.11 Å². The van der Waals surface area contributed by atoms with Crippen molar-refractivity contribution >= 4 is 34.0 Å². The highest BCUT2D eigenvalue weighted by Crippen LogP contribution is 2.20. The van der Waals surface area contributed by atoms with Crippen LogP contribution in [0, 0.1) is 3.57 Å². The van der Waals surface area contributed by atoms with Gasteiger partial charge in [-0.15, -0.1) is 0 Å². The number of halogens is 1. The van der Waals surface area contributed by atoms with Gasteiger partial charge in [-0.2, -0.15) is 0 Å². The van der Waals surface area contributed by atoms with Gasteiger partial charge in [0.15, 0.2) is 0 Å². The minimum atomic E-state index is -0.520. The Morgan fingerprint density at radius 1 is 1.60 bits per heavy atom. The maximum Gasteiger partial charge on any atom is 0.0945 e. The summed E-state index contributed by atoms with van der Waals surface area (Å²) in [6, 6.07) is 5.74. The molecule has 0 aliphatic rings. The molecule has 0 saturated heterocycles. The zero-order valence-corrected chi connectivity index (χ0v) is 10.7. The van der Waals surface area contributed by atoms with Crippen LogP contribution in [0.15, 0.2) is 18.2 Å². The lowest BCUT2D eigenvalue weighted by Crippen LogP contribution is -2.24. The maximum absolute atomic E-state index is 9.43. The zero-order valence-electron chi connectivity index (χ0n) is 8.53. The van der Waals surface area contributed by atoms with Crippen LogP contribution in [0.4, 0.5) is 11.4 Å². The predicted octanol–water partition coefficient (Wildman–Crippen LogP) is 1.29. The standard InChI is InChI=1S/C10H15IN2O2/c1-15-6-8(14)5-13-10-3-2-7(11)4-9(10)12/h2-4,8,13-14H,5-6,12H2,1H3. The SMILES string of the molecule is COCC(O)CNc1ccc(I)cc1N. The van der Waals surface area contributed by atoms with E-state index in [4.69, 9.17) is 10.5 Å². The number of nitrogen functional groups attached to an aromatic ring is 1. The molecule has 0 aliphatic heterocycles. The molecule has 0 fully saturated rings. The summed E-state index contributed by atoms with van der Waals surface area (Å²) in [6.07, 6.45) is -0.520. The molecule has 1 unspecified atom stereocenters. The Labute approximate surface area is 103 Å². The first-order valence-electron chi connectivity index (χ1n) is 4.59. The van der Waals surface area contributed by atoms with E-state index in [0.717, 1.165) is 9.26 Å². The average molecular weight is 322 g/mol. The molecule has 0 aliphatic carbocycles. The Kier molecular flexibility index (Phi) is 5.13. The largest absolute Gasteiger partial charge is 0.397 e. The van der Waals surface area contributed by atoms with Gasteiger partial charge in [-0.25, -0.2) is 0 Å². The summed E-state index contributed by atoms with van der Waals surface area (Å²) in [4.78, 5) is 0. The van der Waals surface area contributed by atoms with Gasteiger partial charge >= 0.3 is 0 Å². The van der Waals surface area contributed by atoms with Crippen LogP contribution in [0.5, 0.6) is 0 Å². The van der Waals surface area contributed by atoms with Crippen molar-refractivity contribution in [1.82, 2.24) is 0 Å². The summed E-state index contributed by atoms with van der Waals surface area (Å²) in [5.74, 6) is 0. The lowest BCUT2D eigenvalue weighted by Gasteiger charge is -2.13. The van der Waals surface area contributed by atoms with Gasteiger partial charge in [-0.3, -0.25) is 0 Å². The number of anilines is 2. The van der Waals surface area contributed by atoms with Crippen molar-refractivity contribution < 1.29 is 9.84 Å². The highest BCUT2D eigenvalue weighted by molar-refractivity contribution is 14.1. The summed E-state index contributed by atoms with van der Waals surface area (Å²) in [5, 5.41) is 12.5. The second-order valence-electron chi connectivity index (χ2n) is 3.22. The van der Waals surface area contributed by atoms with E-state index in [1.807, 2.05) is 18.2 Å². The maximum atomic E-state index is 9.43. The first-order chi connectivity index (χ1) is 7.13. The number of benzene rings is 1. The molecule has 0 radical (unpaired) electrons. The van der Waals surface area contributed by atoms with Gasteiger partial charge in [-0.1, -0.05) is 0 Å². The van der Waals surface area contributed by atoms with Crippen LogP contribution in [0.1, 0.15) is 0 Å². The quantitative estimate of drug-likeness (QED) is 0.565. The molecule has 0 heterocycles. The molecule has 1 rings (SSSR count). The van der Waals surface area contributed by atoms with Crippen molar-refractivity contribution in [1.29, 1.82) is 0 Å². The second kappa shape index (κ2) is 6.14. The van der Waals surface area contributed by atoms with Crippen molar-refractivity contribution in [3.63, 3.8) is 0 Å². The van der Waals surface area contributed by atoms with Crippen molar-refractivity contribution in [2.75, 3.05) is 31.3 Å². The summed E-state index contributed by atoms with van der Waals surface area (Å²) in [5.41, 5.74) is 7.33.